The van der Waals surface area contributed by atoms with E-state index in [0.29, 0.717) is 17.9 Å². The maximum absolute atomic E-state index is 10.9. The fourth-order valence-electron chi connectivity index (χ4n) is 1.74. The Kier molecular flexibility index (Phi) is 3.75. The Bertz CT molecular complexity index is 594. The van der Waals surface area contributed by atoms with Gasteiger partial charge in [0.1, 0.15) is 11.6 Å². The van der Waals surface area contributed by atoms with Gasteiger partial charge in [0.2, 0.25) is 0 Å². The van der Waals surface area contributed by atoms with Crippen LogP contribution in [0.15, 0.2) is 30.3 Å². The minimum absolute atomic E-state index is 0.0241. The number of aryl methyl sites for hydroxylation is 1. The number of ether oxygens (including phenoxy) is 1. The average Bonchev–Trinajstić information content (AvgIpc) is 2.39. The number of carbonyl (C=O) groups is 1. The molecule has 1 aromatic carbocycles. The maximum atomic E-state index is 10.9. The summed E-state index contributed by atoms with van der Waals surface area (Å²) in [5, 5.41) is 8.96. The molecule has 19 heavy (non-hydrogen) atoms. The molecule has 0 spiro atoms. The van der Waals surface area contributed by atoms with Gasteiger partial charge in [-0.05, 0) is 30.7 Å². The Labute approximate surface area is 110 Å². The average molecular weight is 258 g/mol. The van der Waals surface area contributed by atoms with E-state index in [2.05, 4.69) is 9.97 Å². The van der Waals surface area contributed by atoms with E-state index in [4.69, 9.17) is 9.84 Å². The summed E-state index contributed by atoms with van der Waals surface area (Å²) in [7, 11) is 1.61. The lowest BCUT2D eigenvalue weighted by atomic mass is 10.1. The lowest BCUT2D eigenvalue weighted by molar-refractivity contribution is 0.0689. The van der Waals surface area contributed by atoms with E-state index in [1.807, 2.05) is 24.3 Å². The molecule has 0 saturated heterocycles. The molecule has 0 saturated carbocycles. The fraction of sp³-hybridized carbons (Fsp3) is 0.214. The number of methoxy groups -OCH3 is 1. The van der Waals surface area contributed by atoms with Crippen LogP contribution in [-0.2, 0) is 6.42 Å². The topological polar surface area (TPSA) is 72.3 Å². The first-order chi connectivity index (χ1) is 9.08. The second-order valence-corrected chi connectivity index (χ2v) is 4.14. The lowest BCUT2D eigenvalue weighted by Crippen LogP contribution is -2.07. The molecule has 0 bridgehead atoms. The molecule has 5 heteroatoms. The molecule has 0 atom stereocenters. The Hall–Kier alpha value is -2.43. The molecule has 2 aromatic rings. The van der Waals surface area contributed by atoms with E-state index in [0.717, 1.165) is 11.3 Å². The zero-order valence-electron chi connectivity index (χ0n) is 10.8. The summed E-state index contributed by atoms with van der Waals surface area (Å²) >= 11 is 0. The molecule has 0 aliphatic carbocycles. The summed E-state index contributed by atoms with van der Waals surface area (Å²) in [5.41, 5.74) is 1.68. The van der Waals surface area contributed by atoms with Gasteiger partial charge >= 0.3 is 5.97 Å². The zero-order chi connectivity index (χ0) is 13.8. The van der Waals surface area contributed by atoms with Gasteiger partial charge in [0.15, 0.2) is 5.69 Å². The van der Waals surface area contributed by atoms with Crippen LogP contribution in [0.2, 0.25) is 0 Å². The van der Waals surface area contributed by atoms with Gasteiger partial charge in [-0.15, -0.1) is 0 Å². The van der Waals surface area contributed by atoms with E-state index in [9.17, 15) is 4.79 Å². The second kappa shape index (κ2) is 5.48. The van der Waals surface area contributed by atoms with Gasteiger partial charge in [0.25, 0.3) is 0 Å². The molecular weight excluding hydrogens is 244 g/mol. The monoisotopic (exact) mass is 258 g/mol. The van der Waals surface area contributed by atoms with Crippen LogP contribution in [0.4, 0.5) is 0 Å². The van der Waals surface area contributed by atoms with Crippen LogP contribution in [0, 0.1) is 6.92 Å². The smallest absolute Gasteiger partial charge is 0.354 e. The molecule has 5 nitrogen and oxygen atoms in total. The van der Waals surface area contributed by atoms with Crippen molar-refractivity contribution in [3.63, 3.8) is 0 Å². The van der Waals surface area contributed by atoms with Crippen LogP contribution in [0.5, 0.6) is 5.75 Å². The Morgan fingerprint density at radius 3 is 2.53 bits per heavy atom. The molecule has 0 amide bonds. The number of aromatic nitrogens is 2. The minimum atomic E-state index is -1.04. The van der Waals surface area contributed by atoms with E-state index in [-0.39, 0.29) is 5.69 Å². The van der Waals surface area contributed by atoms with Crippen molar-refractivity contribution < 1.29 is 14.6 Å². The van der Waals surface area contributed by atoms with Gasteiger partial charge in [-0.1, -0.05) is 12.1 Å². The summed E-state index contributed by atoms with van der Waals surface area (Å²) in [6.07, 6.45) is 0.492. The number of carboxylic acids is 1. The summed E-state index contributed by atoms with van der Waals surface area (Å²) < 4.78 is 5.08. The summed E-state index contributed by atoms with van der Waals surface area (Å²) in [6.45, 7) is 1.76. The van der Waals surface area contributed by atoms with Gasteiger partial charge in [0.05, 0.1) is 7.11 Å². The first-order valence-corrected chi connectivity index (χ1v) is 5.79. The number of hydrogen-bond donors (Lipinski definition) is 1. The highest BCUT2D eigenvalue weighted by Gasteiger charge is 2.09. The molecule has 0 unspecified atom stereocenters. The zero-order valence-corrected chi connectivity index (χ0v) is 10.8. The molecule has 2 rings (SSSR count). The number of carboxylic acid groups (broad SMARTS) is 1. The first kappa shape index (κ1) is 13.0. The van der Waals surface area contributed by atoms with Crippen molar-refractivity contribution in [1.82, 2.24) is 9.97 Å². The standard InChI is InChI=1S/C14H14N2O3/c1-9-7-12(14(17)18)16-13(15-9)8-10-3-5-11(19-2)6-4-10/h3-7H,8H2,1-2H3,(H,17,18). The molecule has 0 aliphatic heterocycles. The van der Waals surface area contributed by atoms with Crippen molar-refractivity contribution in [2.45, 2.75) is 13.3 Å². The SMILES string of the molecule is COc1ccc(Cc2nc(C)cc(C(=O)O)n2)cc1. The number of aromatic carboxylic acids is 1. The van der Waals surface area contributed by atoms with Crippen molar-refractivity contribution in [2.24, 2.45) is 0 Å². The van der Waals surface area contributed by atoms with Crippen molar-refractivity contribution in [1.29, 1.82) is 0 Å². The Morgan fingerprint density at radius 2 is 1.95 bits per heavy atom. The number of hydrogen-bond acceptors (Lipinski definition) is 4. The van der Waals surface area contributed by atoms with Crippen LogP contribution in [0.3, 0.4) is 0 Å². The first-order valence-electron chi connectivity index (χ1n) is 5.79. The fourth-order valence-corrected chi connectivity index (χ4v) is 1.74. The molecule has 0 radical (unpaired) electrons. The largest absolute Gasteiger partial charge is 0.497 e. The molecule has 0 aliphatic rings. The Morgan fingerprint density at radius 1 is 1.26 bits per heavy atom. The normalized spacial score (nSPS) is 10.2. The predicted molar refractivity (Wildman–Crippen MR) is 69.5 cm³/mol. The van der Waals surface area contributed by atoms with Crippen LogP contribution >= 0.6 is 0 Å². The van der Waals surface area contributed by atoms with Gasteiger partial charge in [0, 0.05) is 12.1 Å². The second-order valence-electron chi connectivity index (χ2n) is 4.14. The highest BCUT2D eigenvalue weighted by atomic mass is 16.5. The van der Waals surface area contributed by atoms with Gasteiger partial charge in [-0.2, -0.15) is 0 Å². The van der Waals surface area contributed by atoms with E-state index < -0.39 is 5.97 Å². The van der Waals surface area contributed by atoms with E-state index in [1.165, 1.54) is 6.07 Å². The Balaban J connectivity index is 2.24. The van der Waals surface area contributed by atoms with E-state index in [1.54, 1.807) is 14.0 Å². The summed E-state index contributed by atoms with van der Waals surface area (Å²) in [6, 6.07) is 8.97. The summed E-state index contributed by atoms with van der Waals surface area (Å²) in [5.74, 6) is 0.240. The van der Waals surface area contributed by atoms with Crippen LogP contribution in [0.1, 0.15) is 27.6 Å². The van der Waals surface area contributed by atoms with Gasteiger partial charge in [-0.25, -0.2) is 14.8 Å². The van der Waals surface area contributed by atoms with Crippen molar-refractivity contribution in [3.05, 3.63) is 53.1 Å². The number of rotatable bonds is 4. The van der Waals surface area contributed by atoms with Crippen LogP contribution in [0.25, 0.3) is 0 Å². The van der Waals surface area contributed by atoms with Gasteiger partial charge in [-0.3, -0.25) is 0 Å². The molecule has 98 valence electrons. The lowest BCUT2D eigenvalue weighted by Gasteiger charge is -2.05. The highest BCUT2D eigenvalue weighted by molar-refractivity contribution is 5.85. The summed E-state index contributed by atoms with van der Waals surface area (Å²) in [4.78, 5) is 19.2. The third-order valence-electron chi connectivity index (χ3n) is 2.64. The number of benzene rings is 1. The van der Waals surface area contributed by atoms with Crippen LogP contribution < -0.4 is 4.74 Å². The highest BCUT2D eigenvalue weighted by Crippen LogP contribution is 2.13. The van der Waals surface area contributed by atoms with Crippen molar-refractivity contribution in [3.8, 4) is 5.75 Å². The van der Waals surface area contributed by atoms with Crippen molar-refractivity contribution in [2.75, 3.05) is 7.11 Å². The maximum Gasteiger partial charge on any atom is 0.354 e. The minimum Gasteiger partial charge on any atom is -0.497 e. The predicted octanol–water partition coefficient (Wildman–Crippen LogP) is 2.08. The van der Waals surface area contributed by atoms with Gasteiger partial charge < -0.3 is 9.84 Å². The van der Waals surface area contributed by atoms with Crippen molar-refractivity contribution >= 4 is 5.97 Å². The molecule has 1 heterocycles. The van der Waals surface area contributed by atoms with Crippen LogP contribution in [-0.4, -0.2) is 28.2 Å². The third kappa shape index (κ3) is 3.28. The molecule has 1 aromatic heterocycles. The quantitative estimate of drug-likeness (QED) is 0.909. The van der Waals surface area contributed by atoms with E-state index >= 15 is 0 Å². The molecular formula is C14H14N2O3. The third-order valence-corrected chi connectivity index (χ3v) is 2.64. The molecule has 0 fully saturated rings. The molecule has 1 N–H and O–H groups in total. The number of nitrogens with zero attached hydrogens (tertiary/aromatic N) is 2.